The van der Waals surface area contributed by atoms with Crippen molar-refractivity contribution in [1.29, 1.82) is 0 Å². The lowest BCUT2D eigenvalue weighted by atomic mass is 10.0. The number of piperidine rings is 1. The van der Waals surface area contributed by atoms with Gasteiger partial charge in [0.05, 0.1) is 5.39 Å². The van der Waals surface area contributed by atoms with Gasteiger partial charge in [-0.2, -0.15) is 5.10 Å². The van der Waals surface area contributed by atoms with Gasteiger partial charge in [0.1, 0.15) is 5.82 Å². The molecule has 1 fully saturated rings. The third-order valence-corrected chi connectivity index (χ3v) is 5.99. The fraction of sp³-hybridized carbons (Fsp3) is 0.280. The van der Waals surface area contributed by atoms with Crippen molar-refractivity contribution in [3.63, 3.8) is 0 Å². The van der Waals surface area contributed by atoms with Crippen LogP contribution in [-0.2, 0) is 12.8 Å². The number of hydrogen-bond donors (Lipinski definition) is 4. The standard InChI is InChI=1S/C25H27N7O/c33-25(30-21-5-1-2-14-27-21)19-10-7-17(8-11-19)6-9-18-12-15-28-23-22(18)24(32-31-23)29-20-4-3-13-26-16-20/h1-2,5,7-8,10-12,14-15,20,26H,3-4,6,9,13,16H2,(H,27,30,33)(H2,28,29,31,32)/t20-/m1/s1. The first kappa shape index (κ1) is 21.1. The average molecular weight is 442 g/mol. The summed E-state index contributed by atoms with van der Waals surface area (Å²) < 4.78 is 0. The highest BCUT2D eigenvalue weighted by Gasteiger charge is 2.17. The maximum atomic E-state index is 12.4. The first-order valence-corrected chi connectivity index (χ1v) is 11.4. The molecular weight excluding hydrogens is 414 g/mol. The van der Waals surface area contributed by atoms with E-state index in [4.69, 9.17) is 0 Å². The molecule has 33 heavy (non-hydrogen) atoms. The molecule has 0 unspecified atom stereocenters. The Morgan fingerprint density at radius 2 is 1.94 bits per heavy atom. The molecule has 1 aromatic carbocycles. The largest absolute Gasteiger partial charge is 0.364 e. The Morgan fingerprint density at radius 1 is 1.03 bits per heavy atom. The normalized spacial score (nSPS) is 15.9. The number of nitrogens with one attached hydrogen (secondary N) is 4. The van der Waals surface area contributed by atoms with E-state index in [1.807, 2.05) is 42.6 Å². The van der Waals surface area contributed by atoms with E-state index in [9.17, 15) is 4.79 Å². The highest BCUT2D eigenvalue weighted by Crippen LogP contribution is 2.26. The molecule has 0 saturated carbocycles. The maximum Gasteiger partial charge on any atom is 0.256 e. The Labute approximate surface area is 192 Å². The van der Waals surface area contributed by atoms with Crippen LogP contribution in [0.2, 0.25) is 0 Å². The number of aromatic nitrogens is 4. The van der Waals surface area contributed by atoms with Crippen molar-refractivity contribution in [2.75, 3.05) is 23.7 Å². The molecule has 1 atom stereocenters. The second-order valence-electron chi connectivity index (χ2n) is 8.32. The van der Waals surface area contributed by atoms with Crippen LogP contribution in [0.3, 0.4) is 0 Å². The summed E-state index contributed by atoms with van der Waals surface area (Å²) in [5.41, 5.74) is 3.79. The molecule has 0 aliphatic carbocycles. The molecule has 8 nitrogen and oxygen atoms in total. The van der Waals surface area contributed by atoms with Crippen LogP contribution in [0.15, 0.2) is 60.9 Å². The summed E-state index contributed by atoms with van der Waals surface area (Å²) >= 11 is 0. The lowest BCUT2D eigenvalue weighted by Crippen LogP contribution is -2.38. The molecule has 1 amide bonds. The van der Waals surface area contributed by atoms with Gasteiger partial charge in [-0.25, -0.2) is 9.97 Å². The van der Waals surface area contributed by atoms with E-state index in [0.717, 1.165) is 49.2 Å². The van der Waals surface area contributed by atoms with E-state index in [-0.39, 0.29) is 5.91 Å². The fourth-order valence-electron chi connectivity index (χ4n) is 4.22. The number of H-pyrrole nitrogens is 1. The van der Waals surface area contributed by atoms with E-state index in [0.29, 0.717) is 17.4 Å². The van der Waals surface area contributed by atoms with E-state index >= 15 is 0 Å². The summed E-state index contributed by atoms with van der Waals surface area (Å²) in [4.78, 5) is 21.0. The average Bonchev–Trinajstić information content (AvgIpc) is 3.27. The molecule has 1 aliphatic rings. The van der Waals surface area contributed by atoms with Gasteiger partial charge in [0.2, 0.25) is 0 Å². The number of rotatable bonds is 7. The molecule has 1 aliphatic heterocycles. The van der Waals surface area contributed by atoms with Crippen LogP contribution in [0.4, 0.5) is 11.6 Å². The zero-order valence-electron chi connectivity index (χ0n) is 18.3. The van der Waals surface area contributed by atoms with Crippen molar-refractivity contribution < 1.29 is 4.79 Å². The van der Waals surface area contributed by atoms with Crippen molar-refractivity contribution in [3.8, 4) is 0 Å². The van der Waals surface area contributed by atoms with Gasteiger partial charge in [-0.05, 0) is 73.7 Å². The number of aryl methyl sites for hydroxylation is 2. The van der Waals surface area contributed by atoms with Gasteiger partial charge < -0.3 is 16.0 Å². The van der Waals surface area contributed by atoms with Crippen LogP contribution in [0.5, 0.6) is 0 Å². The van der Waals surface area contributed by atoms with Gasteiger partial charge in [0.15, 0.2) is 11.5 Å². The smallest absolute Gasteiger partial charge is 0.256 e. The number of carbonyl (C=O) groups excluding carboxylic acids is 1. The molecule has 8 heteroatoms. The quantitative estimate of drug-likeness (QED) is 0.349. The van der Waals surface area contributed by atoms with E-state index in [1.165, 1.54) is 17.5 Å². The Morgan fingerprint density at radius 3 is 2.73 bits per heavy atom. The zero-order chi connectivity index (χ0) is 22.5. The predicted molar refractivity (Wildman–Crippen MR) is 129 cm³/mol. The first-order chi connectivity index (χ1) is 16.3. The van der Waals surface area contributed by atoms with Crippen LogP contribution in [-0.4, -0.2) is 45.2 Å². The summed E-state index contributed by atoms with van der Waals surface area (Å²) in [5, 5.41) is 18.5. The summed E-state index contributed by atoms with van der Waals surface area (Å²) in [6.07, 6.45) is 7.50. The van der Waals surface area contributed by atoms with Crippen LogP contribution in [0, 0.1) is 0 Å². The van der Waals surface area contributed by atoms with Crippen molar-refractivity contribution in [2.45, 2.75) is 31.7 Å². The summed E-state index contributed by atoms with van der Waals surface area (Å²) in [6.45, 7) is 2.03. The second kappa shape index (κ2) is 9.79. The summed E-state index contributed by atoms with van der Waals surface area (Å²) in [5.74, 6) is 1.26. The lowest BCUT2D eigenvalue weighted by molar-refractivity contribution is 0.102. The van der Waals surface area contributed by atoms with E-state index in [1.54, 1.807) is 12.3 Å². The third-order valence-electron chi connectivity index (χ3n) is 5.99. The Kier molecular flexibility index (Phi) is 6.25. The number of nitrogens with zero attached hydrogens (tertiary/aromatic N) is 3. The summed E-state index contributed by atoms with van der Waals surface area (Å²) in [6, 6.07) is 15.6. The monoisotopic (exact) mass is 441 g/mol. The third kappa shape index (κ3) is 5.01. The minimum atomic E-state index is -0.164. The highest BCUT2D eigenvalue weighted by molar-refractivity contribution is 6.03. The topological polar surface area (TPSA) is 108 Å². The second-order valence-corrected chi connectivity index (χ2v) is 8.32. The fourth-order valence-corrected chi connectivity index (χ4v) is 4.22. The molecule has 5 rings (SSSR count). The molecule has 4 aromatic rings. The van der Waals surface area contributed by atoms with Gasteiger partial charge >= 0.3 is 0 Å². The van der Waals surface area contributed by atoms with E-state index < -0.39 is 0 Å². The predicted octanol–water partition coefficient (Wildman–Crippen LogP) is 3.55. The van der Waals surface area contributed by atoms with Gasteiger partial charge in [-0.3, -0.25) is 9.89 Å². The first-order valence-electron chi connectivity index (χ1n) is 11.4. The van der Waals surface area contributed by atoms with Gasteiger partial charge in [0.25, 0.3) is 5.91 Å². The Balaban J connectivity index is 1.26. The number of aromatic amines is 1. The number of benzene rings is 1. The molecule has 1 saturated heterocycles. The number of carbonyl (C=O) groups is 1. The zero-order valence-corrected chi connectivity index (χ0v) is 18.3. The minimum Gasteiger partial charge on any atom is -0.364 e. The molecular formula is C25H27N7O. The molecule has 3 aromatic heterocycles. The lowest BCUT2D eigenvalue weighted by Gasteiger charge is -2.23. The van der Waals surface area contributed by atoms with E-state index in [2.05, 4.69) is 42.2 Å². The number of anilines is 2. The number of fused-ring (bicyclic) bond motifs is 1. The Bertz CT molecular complexity index is 1210. The minimum absolute atomic E-state index is 0.164. The Hall–Kier alpha value is -3.78. The van der Waals surface area contributed by atoms with Crippen molar-refractivity contribution in [3.05, 3.63) is 77.6 Å². The van der Waals surface area contributed by atoms with Gasteiger partial charge in [-0.1, -0.05) is 18.2 Å². The van der Waals surface area contributed by atoms with Gasteiger partial charge in [0, 0.05) is 30.5 Å². The number of pyridine rings is 2. The van der Waals surface area contributed by atoms with Gasteiger partial charge in [-0.15, -0.1) is 0 Å². The van der Waals surface area contributed by atoms with Crippen LogP contribution < -0.4 is 16.0 Å². The molecule has 0 spiro atoms. The SMILES string of the molecule is O=C(Nc1ccccn1)c1ccc(CCc2ccnc3[nH]nc(N[C@@H]4CCCNC4)c23)cc1. The molecule has 4 heterocycles. The summed E-state index contributed by atoms with van der Waals surface area (Å²) in [7, 11) is 0. The van der Waals surface area contributed by atoms with Crippen LogP contribution in [0.25, 0.3) is 11.0 Å². The highest BCUT2D eigenvalue weighted by atomic mass is 16.1. The number of hydrogen-bond acceptors (Lipinski definition) is 6. The molecule has 0 bridgehead atoms. The van der Waals surface area contributed by atoms with Crippen LogP contribution in [0.1, 0.15) is 34.3 Å². The molecule has 0 radical (unpaired) electrons. The maximum absolute atomic E-state index is 12.4. The molecule has 4 N–H and O–H groups in total. The number of amides is 1. The van der Waals surface area contributed by atoms with Crippen molar-refractivity contribution in [2.24, 2.45) is 0 Å². The molecule has 168 valence electrons. The van der Waals surface area contributed by atoms with Crippen LogP contribution >= 0.6 is 0 Å². The van der Waals surface area contributed by atoms with Crippen molar-refractivity contribution >= 4 is 28.6 Å². The van der Waals surface area contributed by atoms with Crippen molar-refractivity contribution in [1.82, 2.24) is 25.5 Å².